The van der Waals surface area contributed by atoms with Crippen LogP contribution in [0.2, 0.25) is 0 Å². The minimum atomic E-state index is -1.04. The molecule has 0 spiro atoms. The van der Waals surface area contributed by atoms with Crippen molar-refractivity contribution in [2.45, 2.75) is 46.6 Å². The molecule has 0 radical (unpaired) electrons. The topological polar surface area (TPSA) is 62.0 Å². The van der Waals surface area contributed by atoms with Crippen LogP contribution < -0.4 is 9.80 Å². The van der Waals surface area contributed by atoms with Gasteiger partial charge < -0.3 is 14.9 Å². The molecule has 1 amide bonds. The van der Waals surface area contributed by atoms with E-state index in [9.17, 15) is 14.7 Å². The Morgan fingerprint density at radius 3 is 2.48 bits per heavy atom. The summed E-state index contributed by atoms with van der Waals surface area (Å²) in [7, 11) is 2.13. The highest BCUT2D eigenvalue weighted by atomic mass is 32.1. The number of hydrogen-bond donors (Lipinski definition) is 2. The molecular weight excluding hydrogens is 384 g/mol. The Balaban J connectivity index is 2.54. The summed E-state index contributed by atoms with van der Waals surface area (Å²) in [4.78, 5) is 29.1. The normalized spacial score (nSPS) is 19.5. The molecule has 29 heavy (non-hydrogen) atoms. The van der Waals surface area contributed by atoms with Crippen molar-refractivity contribution in [3.63, 3.8) is 0 Å². The maximum atomic E-state index is 13.3. The number of rotatable bonds is 5. The number of quaternary nitrogens is 1. The number of hydrogen-bond acceptors (Lipinski definition) is 3. The Kier molecular flexibility index (Phi) is 7.45. The van der Waals surface area contributed by atoms with Gasteiger partial charge in [-0.3, -0.25) is 4.79 Å². The van der Waals surface area contributed by atoms with Gasteiger partial charge in [0.05, 0.1) is 30.7 Å². The smallest absolute Gasteiger partial charge is 0.348 e. The van der Waals surface area contributed by atoms with Crippen molar-refractivity contribution in [2.24, 2.45) is 5.41 Å². The van der Waals surface area contributed by atoms with Gasteiger partial charge in [-0.1, -0.05) is 30.6 Å². The molecule has 1 aliphatic rings. The van der Waals surface area contributed by atoms with Gasteiger partial charge >= 0.3 is 5.97 Å². The second kappa shape index (κ2) is 9.43. The fraction of sp³-hybridized carbons (Fsp3) is 0.478. The lowest BCUT2D eigenvalue weighted by Gasteiger charge is -2.35. The predicted molar refractivity (Wildman–Crippen MR) is 119 cm³/mol. The number of carboxylic acid groups (broad SMARTS) is 1. The number of allylic oxidation sites excluding steroid dienone is 1. The number of piperidine rings is 1. The SMILES string of the molecule is C=C(/C=C\C)C(=O)N(c1cc(C#CC(C)(C)C)sc1C(=O)O)C1CC[NH+](C)CC1. The van der Waals surface area contributed by atoms with Crippen LogP contribution in [0, 0.1) is 17.3 Å². The van der Waals surface area contributed by atoms with Crippen LogP contribution in [0.5, 0.6) is 0 Å². The van der Waals surface area contributed by atoms with Crippen LogP contribution in [0.25, 0.3) is 0 Å². The molecule has 5 nitrogen and oxygen atoms in total. The number of aromatic carboxylic acids is 1. The van der Waals surface area contributed by atoms with E-state index >= 15 is 0 Å². The lowest BCUT2D eigenvalue weighted by molar-refractivity contribution is -0.884. The maximum Gasteiger partial charge on any atom is 0.348 e. The fourth-order valence-electron chi connectivity index (χ4n) is 3.28. The molecule has 2 heterocycles. The van der Waals surface area contributed by atoms with E-state index in [0.717, 1.165) is 37.3 Å². The third-order valence-electron chi connectivity index (χ3n) is 4.76. The quantitative estimate of drug-likeness (QED) is 0.442. The number of nitrogens with zero attached hydrogens (tertiary/aromatic N) is 1. The van der Waals surface area contributed by atoms with Crippen LogP contribution in [0.15, 0.2) is 30.4 Å². The van der Waals surface area contributed by atoms with E-state index in [0.29, 0.717) is 16.1 Å². The lowest BCUT2D eigenvalue weighted by atomic mass is 9.98. The molecule has 1 aliphatic heterocycles. The average molecular weight is 416 g/mol. The number of likely N-dealkylation sites (tertiary alicyclic amines) is 1. The van der Waals surface area contributed by atoms with Crippen LogP contribution in [0.1, 0.15) is 55.1 Å². The number of carbonyl (C=O) groups excluding carboxylic acids is 1. The first-order chi connectivity index (χ1) is 13.5. The first kappa shape index (κ1) is 22.9. The number of carbonyl (C=O) groups is 2. The molecule has 0 unspecified atom stereocenters. The maximum absolute atomic E-state index is 13.3. The Morgan fingerprint density at radius 2 is 1.97 bits per heavy atom. The third-order valence-corrected chi connectivity index (χ3v) is 5.79. The lowest BCUT2D eigenvalue weighted by Crippen LogP contribution is -3.10. The molecule has 6 heteroatoms. The van der Waals surface area contributed by atoms with E-state index in [1.165, 1.54) is 4.90 Å². The van der Waals surface area contributed by atoms with Crippen molar-refractivity contribution < 1.29 is 19.6 Å². The van der Waals surface area contributed by atoms with Crippen LogP contribution in [-0.4, -0.2) is 43.2 Å². The molecule has 1 fully saturated rings. The van der Waals surface area contributed by atoms with Crippen molar-refractivity contribution >= 4 is 28.9 Å². The highest BCUT2D eigenvalue weighted by Gasteiger charge is 2.34. The molecule has 1 aromatic rings. The highest BCUT2D eigenvalue weighted by molar-refractivity contribution is 7.15. The van der Waals surface area contributed by atoms with E-state index in [1.807, 2.05) is 27.7 Å². The van der Waals surface area contributed by atoms with Gasteiger partial charge in [0.25, 0.3) is 5.91 Å². The molecule has 1 aromatic heterocycles. The zero-order valence-electron chi connectivity index (χ0n) is 18.0. The largest absolute Gasteiger partial charge is 0.477 e. The van der Waals surface area contributed by atoms with Crippen molar-refractivity contribution in [1.82, 2.24) is 0 Å². The monoisotopic (exact) mass is 415 g/mol. The summed E-state index contributed by atoms with van der Waals surface area (Å²) in [5, 5.41) is 9.80. The zero-order valence-corrected chi connectivity index (χ0v) is 18.8. The number of anilines is 1. The van der Waals surface area contributed by atoms with Gasteiger partial charge in [0, 0.05) is 29.9 Å². The second-order valence-electron chi connectivity index (χ2n) is 8.52. The minimum Gasteiger partial charge on any atom is -0.477 e. The molecule has 2 N–H and O–H groups in total. The Hall–Kier alpha value is -2.36. The van der Waals surface area contributed by atoms with Gasteiger partial charge in [-0.05, 0) is 33.8 Å². The molecule has 0 bridgehead atoms. The summed E-state index contributed by atoms with van der Waals surface area (Å²) in [6.07, 6.45) is 5.07. The van der Waals surface area contributed by atoms with E-state index in [-0.39, 0.29) is 22.2 Å². The predicted octanol–water partition coefficient (Wildman–Crippen LogP) is 2.99. The van der Waals surface area contributed by atoms with Crippen molar-refractivity contribution in [3.05, 3.63) is 40.1 Å². The van der Waals surface area contributed by atoms with Crippen LogP contribution in [-0.2, 0) is 4.79 Å². The molecule has 0 saturated carbocycles. The number of carboxylic acids is 1. The first-order valence-electron chi connectivity index (χ1n) is 9.90. The molecule has 0 aromatic carbocycles. The van der Waals surface area contributed by atoms with E-state index < -0.39 is 5.97 Å². The van der Waals surface area contributed by atoms with E-state index in [1.54, 1.807) is 23.1 Å². The Labute approximate surface area is 177 Å². The highest BCUT2D eigenvalue weighted by Crippen LogP contribution is 2.34. The third kappa shape index (κ3) is 6.06. The summed E-state index contributed by atoms with van der Waals surface area (Å²) >= 11 is 1.12. The van der Waals surface area contributed by atoms with Crippen molar-refractivity contribution in [1.29, 1.82) is 0 Å². The number of nitrogens with one attached hydrogen (secondary N) is 1. The van der Waals surface area contributed by atoms with Crippen LogP contribution in [0.3, 0.4) is 0 Å². The van der Waals surface area contributed by atoms with E-state index in [2.05, 4.69) is 25.5 Å². The fourth-order valence-corrected chi connectivity index (χ4v) is 4.12. The number of thiophene rings is 1. The molecule has 0 aliphatic carbocycles. The van der Waals surface area contributed by atoms with Gasteiger partial charge in [-0.25, -0.2) is 4.79 Å². The summed E-state index contributed by atoms with van der Waals surface area (Å²) < 4.78 is 0. The van der Waals surface area contributed by atoms with Gasteiger partial charge in [-0.15, -0.1) is 11.3 Å². The van der Waals surface area contributed by atoms with Gasteiger partial charge in [0.2, 0.25) is 0 Å². The van der Waals surface area contributed by atoms with Crippen molar-refractivity contribution in [3.8, 4) is 11.8 Å². The van der Waals surface area contributed by atoms with Crippen LogP contribution >= 0.6 is 11.3 Å². The molecule has 0 atom stereocenters. The number of amides is 1. The first-order valence-corrected chi connectivity index (χ1v) is 10.7. The van der Waals surface area contributed by atoms with Crippen LogP contribution in [0.4, 0.5) is 5.69 Å². The zero-order chi connectivity index (χ0) is 21.8. The standard InChI is InChI=1S/C23H30N2O3S/c1-7-8-16(2)21(26)25(17-10-13-24(6)14-11-17)19-15-18(9-12-23(3,4)5)29-20(19)22(27)28/h7-8,15,17H,2,10-11,13-14H2,1,3-6H3,(H,27,28)/p+1/b8-7-. The summed E-state index contributed by atoms with van der Waals surface area (Å²) in [5.41, 5.74) is 0.588. The summed E-state index contributed by atoms with van der Waals surface area (Å²) in [6.45, 7) is 13.6. The molecular formula is C23H31N2O3S+. The van der Waals surface area contributed by atoms with E-state index in [4.69, 9.17) is 0 Å². The van der Waals surface area contributed by atoms with Crippen molar-refractivity contribution in [2.75, 3.05) is 25.0 Å². The van der Waals surface area contributed by atoms with Gasteiger partial charge in [-0.2, -0.15) is 0 Å². The molecule has 156 valence electrons. The molecule has 2 rings (SSSR count). The summed E-state index contributed by atoms with van der Waals surface area (Å²) in [5.74, 6) is 4.94. The van der Waals surface area contributed by atoms with Gasteiger partial charge in [0.1, 0.15) is 4.88 Å². The minimum absolute atomic E-state index is 0.0515. The van der Waals surface area contributed by atoms with Gasteiger partial charge in [0.15, 0.2) is 0 Å². The summed E-state index contributed by atoms with van der Waals surface area (Å²) in [6, 6.07) is 1.70. The Morgan fingerprint density at radius 1 is 1.34 bits per heavy atom. The average Bonchev–Trinajstić information content (AvgIpc) is 3.05. The Bertz CT molecular complexity index is 872. The second-order valence-corrected chi connectivity index (χ2v) is 9.57. The molecule has 1 saturated heterocycles.